The number of thioether (sulfide) groups is 1. The molecule has 1 aliphatic carbocycles. The van der Waals surface area contributed by atoms with Gasteiger partial charge in [0, 0.05) is 10.9 Å². The molecule has 0 aliphatic heterocycles. The lowest BCUT2D eigenvalue weighted by molar-refractivity contribution is -0.120. The monoisotopic (exact) mass is 323 g/mol. The van der Waals surface area contributed by atoms with Gasteiger partial charge in [-0.15, -0.1) is 11.8 Å². The molecule has 0 spiro atoms. The number of benzene rings is 1. The van der Waals surface area contributed by atoms with Gasteiger partial charge < -0.3 is 5.32 Å². The van der Waals surface area contributed by atoms with Gasteiger partial charge in [-0.1, -0.05) is 31.0 Å². The largest absolute Gasteiger partial charge is 0.359 e. The fourth-order valence-electron chi connectivity index (χ4n) is 2.27. The van der Waals surface area contributed by atoms with Crippen LogP contribution in [0.2, 0.25) is 0 Å². The SMILES string of the molecule is C[C@H](Sc1ccccc1)C(=O)NNC(=S)NC1CCCC1. The Morgan fingerprint density at radius 3 is 2.57 bits per heavy atom. The summed E-state index contributed by atoms with van der Waals surface area (Å²) in [5.41, 5.74) is 5.45. The van der Waals surface area contributed by atoms with Crippen LogP contribution in [0.25, 0.3) is 0 Å². The highest BCUT2D eigenvalue weighted by molar-refractivity contribution is 8.00. The van der Waals surface area contributed by atoms with Crippen LogP contribution < -0.4 is 16.2 Å². The van der Waals surface area contributed by atoms with Crippen LogP contribution >= 0.6 is 24.0 Å². The molecule has 0 bridgehead atoms. The van der Waals surface area contributed by atoms with E-state index < -0.39 is 0 Å². The Kier molecular flexibility index (Phi) is 6.32. The molecule has 1 fully saturated rings. The third-order valence-corrected chi connectivity index (χ3v) is 4.75. The molecular weight excluding hydrogens is 302 g/mol. The van der Waals surface area contributed by atoms with Gasteiger partial charge in [-0.05, 0) is 44.1 Å². The second-order valence-corrected chi connectivity index (χ2v) is 6.96. The predicted octanol–water partition coefficient (Wildman–Crippen LogP) is 2.61. The van der Waals surface area contributed by atoms with Crippen LogP contribution in [0.5, 0.6) is 0 Å². The molecular formula is C15H21N3OS2. The van der Waals surface area contributed by atoms with Crippen LogP contribution in [-0.2, 0) is 4.79 Å². The summed E-state index contributed by atoms with van der Waals surface area (Å²) < 4.78 is 0. The lowest BCUT2D eigenvalue weighted by Gasteiger charge is -2.17. The average Bonchev–Trinajstić information content (AvgIpc) is 2.98. The van der Waals surface area contributed by atoms with Crippen LogP contribution in [0.4, 0.5) is 0 Å². The summed E-state index contributed by atoms with van der Waals surface area (Å²) in [6.07, 6.45) is 4.79. The summed E-state index contributed by atoms with van der Waals surface area (Å²) >= 11 is 6.70. The van der Waals surface area contributed by atoms with Crippen molar-refractivity contribution in [2.24, 2.45) is 0 Å². The summed E-state index contributed by atoms with van der Waals surface area (Å²) in [4.78, 5) is 13.1. The van der Waals surface area contributed by atoms with E-state index in [4.69, 9.17) is 12.2 Å². The number of carbonyl (C=O) groups excluding carboxylic acids is 1. The lowest BCUT2D eigenvalue weighted by atomic mass is 10.3. The minimum absolute atomic E-state index is 0.0839. The maximum absolute atomic E-state index is 12.0. The zero-order chi connectivity index (χ0) is 15.1. The molecule has 0 heterocycles. The van der Waals surface area contributed by atoms with Gasteiger partial charge in [-0.3, -0.25) is 15.6 Å². The molecule has 1 aromatic rings. The predicted molar refractivity (Wildman–Crippen MR) is 91.0 cm³/mol. The maximum atomic E-state index is 12.0. The van der Waals surface area contributed by atoms with Gasteiger partial charge in [0.05, 0.1) is 5.25 Å². The van der Waals surface area contributed by atoms with E-state index in [0.717, 1.165) is 17.7 Å². The topological polar surface area (TPSA) is 53.2 Å². The molecule has 6 heteroatoms. The molecule has 2 rings (SSSR count). The van der Waals surface area contributed by atoms with Crippen LogP contribution in [0.1, 0.15) is 32.6 Å². The molecule has 114 valence electrons. The van der Waals surface area contributed by atoms with Crippen LogP contribution in [0.3, 0.4) is 0 Å². The van der Waals surface area contributed by atoms with Crippen molar-refractivity contribution in [3.05, 3.63) is 30.3 Å². The number of carbonyl (C=O) groups is 1. The first-order chi connectivity index (χ1) is 10.1. The Morgan fingerprint density at radius 2 is 1.90 bits per heavy atom. The normalized spacial score (nSPS) is 16.2. The quantitative estimate of drug-likeness (QED) is 0.452. The number of thiocarbonyl (C=S) groups is 1. The minimum Gasteiger partial charge on any atom is -0.359 e. The molecule has 1 amide bonds. The molecule has 0 saturated heterocycles. The van der Waals surface area contributed by atoms with Gasteiger partial charge >= 0.3 is 0 Å². The van der Waals surface area contributed by atoms with Crippen molar-refractivity contribution >= 4 is 35.0 Å². The molecule has 21 heavy (non-hydrogen) atoms. The number of hydrogen-bond acceptors (Lipinski definition) is 3. The zero-order valence-corrected chi connectivity index (χ0v) is 13.7. The molecule has 1 atom stereocenters. The Balaban J connectivity index is 1.69. The van der Waals surface area contributed by atoms with Gasteiger partial charge in [0.1, 0.15) is 0 Å². The summed E-state index contributed by atoms with van der Waals surface area (Å²) in [6.45, 7) is 1.88. The minimum atomic E-state index is -0.186. The lowest BCUT2D eigenvalue weighted by Crippen LogP contribution is -2.50. The molecule has 4 nitrogen and oxygen atoms in total. The summed E-state index contributed by atoms with van der Waals surface area (Å²) in [6, 6.07) is 10.3. The second-order valence-electron chi connectivity index (χ2n) is 5.14. The van der Waals surface area contributed by atoms with Crippen molar-refractivity contribution in [1.29, 1.82) is 0 Å². The highest BCUT2D eigenvalue weighted by Crippen LogP contribution is 2.22. The van der Waals surface area contributed by atoms with Gasteiger partial charge in [0.25, 0.3) is 5.91 Å². The average molecular weight is 323 g/mol. The van der Waals surface area contributed by atoms with Crippen molar-refractivity contribution in [3.63, 3.8) is 0 Å². The number of rotatable bonds is 4. The summed E-state index contributed by atoms with van der Waals surface area (Å²) in [7, 11) is 0. The van der Waals surface area contributed by atoms with Gasteiger partial charge in [0.2, 0.25) is 0 Å². The Hall–Kier alpha value is -1.27. The first-order valence-electron chi connectivity index (χ1n) is 7.23. The number of nitrogens with one attached hydrogen (secondary N) is 3. The smallest absolute Gasteiger partial charge is 0.251 e. The second kappa shape index (κ2) is 8.24. The third kappa shape index (κ3) is 5.55. The van der Waals surface area contributed by atoms with E-state index in [-0.39, 0.29) is 11.2 Å². The van der Waals surface area contributed by atoms with Gasteiger partial charge in [-0.25, -0.2) is 0 Å². The third-order valence-electron chi connectivity index (χ3n) is 3.41. The zero-order valence-electron chi connectivity index (χ0n) is 12.1. The Labute approximate surface area is 135 Å². The molecule has 3 N–H and O–H groups in total. The standard InChI is InChI=1S/C15H21N3OS2/c1-11(21-13-9-3-2-4-10-13)14(19)17-18-15(20)16-12-7-5-6-8-12/h2-4,9-12H,5-8H2,1H3,(H,17,19)(H2,16,18,20)/t11-/m0/s1. The number of hydrogen-bond donors (Lipinski definition) is 3. The maximum Gasteiger partial charge on any atom is 0.251 e. The summed E-state index contributed by atoms with van der Waals surface area (Å²) in [5, 5.41) is 3.53. The van der Waals surface area contributed by atoms with E-state index in [1.165, 1.54) is 24.6 Å². The fraction of sp³-hybridized carbons (Fsp3) is 0.467. The van der Waals surface area contributed by atoms with Crippen molar-refractivity contribution in [3.8, 4) is 0 Å². The first kappa shape index (κ1) is 16.1. The summed E-state index contributed by atoms with van der Waals surface area (Å²) in [5.74, 6) is -0.0839. The highest BCUT2D eigenvalue weighted by Gasteiger charge is 2.17. The van der Waals surface area contributed by atoms with E-state index in [1.807, 2.05) is 37.3 Å². The molecule has 0 aromatic heterocycles. The van der Waals surface area contributed by atoms with Crippen molar-refractivity contribution in [2.45, 2.75) is 48.8 Å². The van der Waals surface area contributed by atoms with E-state index in [9.17, 15) is 4.79 Å². The molecule has 1 aromatic carbocycles. The Bertz CT molecular complexity index is 475. The van der Waals surface area contributed by atoms with Crippen LogP contribution in [0, 0.1) is 0 Å². The van der Waals surface area contributed by atoms with E-state index in [2.05, 4.69) is 16.2 Å². The van der Waals surface area contributed by atoms with Crippen LogP contribution in [0.15, 0.2) is 35.2 Å². The Morgan fingerprint density at radius 1 is 1.24 bits per heavy atom. The number of hydrazine groups is 1. The molecule has 0 radical (unpaired) electrons. The highest BCUT2D eigenvalue weighted by atomic mass is 32.2. The van der Waals surface area contributed by atoms with Crippen molar-refractivity contribution in [1.82, 2.24) is 16.2 Å². The number of amides is 1. The van der Waals surface area contributed by atoms with Gasteiger partial charge in [0.15, 0.2) is 5.11 Å². The molecule has 0 unspecified atom stereocenters. The molecule has 1 aliphatic rings. The molecule has 1 saturated carbocycles. The fourth-order valence-corrected chi connectivity index (χ4v) is 3.37. The first-order valence-corrected chi connectivity index (χ1v) is 8.52. The van der Waals surface area contributed by atoms with E-state index >= 15 is 0 Å². The van der Waals surface area contributed by atoms with E-state index in [0.29, 0.717) is 11.2 Å². The van der Waals surface area contributed by atoms with Crippen molar-refractivity contribution in [2.75, 3.05) is 0 Å². The van der Waals surface area contributed by atoms with Crippen LogP contribution in [-0.4, -0.2) is 22.3 Å². The van der Waals surface area contributed by atoms with E-state index in [1.54, 1.807) is 0 Å². The van der Waals surface area contributed by atoms with Crippen molar-refractivity contribution < 1.29 is 4.79 Å². The van der Waals surface area contributed by atoms with Gasteiger partial charge in [-0.2, -0.15) is 0 Å².